The maximum absolute atomic E-state index is 12.4. The van der Waals surface area contributed by atoms with Crippen molar-refractivity contribution in [3.8, 4) is 0 Å². The number of hydrogen-bond acceptors (Lipinski definition) is 7. The van der Waals surface area contributed by atoms with Gasteiger partial charge in [0.05, 0.1) is 13.2 Å². The fourth-order valence-corrected chi connectivity index (χ4v) is 3.07. The molecule has 0 atom stereocenters. The Hall–Kier alpha value is -2.00. The number of hydrogen-bond donors (Lipinski definition) is 1. The van der Waals surface area contributed by atoms with Crippen LogP contribution in [-0.2, 0) is 4.74 Å². The lowest BCUT2D eigenvalue weighted by Gasteiger charge is -2.25. The molecule has 2 aromatic rings. The highest BCUT2D eigenvalue weighted by Gasteiger charge is 2.20. The molecule has 1 saturated heterocycles. The Bertz CT molecular complexity index is 748. The van der Waals surface area contributed by atoms with Crippen LogP contribution in [0.1, 0.15) is 24.2 Å². The van der Waals surface area contributed by atoms with E-state index in [-0.39, 0.29) is 11.6 Å². The van der Waals surface area contributed by atoms with Gasteiger partial charge in [0.1, 0.15) is 5.56 Å². The van der Waals surface area contributed by atoms with Crippen LogP contribution in [0.25, 0.3) is 4.96 Å². The third-order valence-corrected chi connectivity index (χ3v) is 4.21. The van der Waals surface area contributed by atoms with Crippen LogP contribution < -0.4 is 15.8 Å². The van der Waals surface area contributed by atoms with Crippen LogP contribution in [0.5, 0.6) is 0 Å². The van der Waals surface area contributed by atoms with Crippen LogP contribution in [0.2, 0.25) is 0 Å². The molecule has 1 aliphatic rings. The number of aromatic nitrogens is 3. The molecule has 118 valence electrons. The van der Waals surface area contributed by atoms with Gasteiger partial charge < -0.3 is 15.0 Å². The van der Waals surface area contributed by atoms with Gasteiger partial charge in [-0.2, -0.15) is 4.52 Å². The molecule has 0 unspecified atom stereocenters. The smallest absolute Gasteiger partial charge is 0.288 e. The fraction of sp³-hybridized carbons (Fsp3) is 0.538. The molecule has 0 radical (unpaired) electrons. The molecule has 1 N–H and O–H groups in total. The highest BCUT2D eigenvalue weighted by molar-refractivity contribution is 7.20. The van der Waals surface area contributed by atoms with Crippen molar-refractivity contribution in [2.45, 2.75) is 19.9 Å². The molecule has 3 rings (SSSR count). The summed E-state index contributed by atoms with van der Waals surface area (Å²) in [5, 5.41) is 7.72. The van der Waals surface area contributed by atoms with Crippen molar-refractivity contribution in [3.63, 3.8) is 0 Å². The summed E-state index contributed by atoms with van der Waals surface area (Å²) >= 11 is 1.33. The van der Waals surface area contributed by atoms with Crippen LogP contribution >= 0.6 is 11.3 Å². The monoisotopic (exact) mass is 323 g/mol. The highest BCUT2D eigenvalue weighted by Crippen LogP contribution is 2.21. The van der Waals surface area contributed by atoms with E-state index in [0.29, 0.717) is 23.3 Å². The van der Waals surface area contributed by atoms with Crippen LogP contribution in [0.4, 0.5) is 5.13 Å². The van der Waals surface area contributed by atoms with Gasteiger partial charge in [-0.1, -0.05) is 11.3 Å². The molecule has 3 heterocycles. The van der Waals surface area contributed by atoms with Crippen molar-refractivity contribution >= 4 is 27.3 Å². The van der Waals surface area contributed by atoms with Gasteiger partial charge in [0.25, 0.3) is 11.5 Å². The summed E-state index contributed by atoms with van der Waals surface area (Å²) < 4.78 is 6.50. The van der Waals surface area contributed by atoms with E-state index >= 15 is 0 Å². The minimum absolute atomic E-state index is 0.00466. The number of ether oxygens (including phenoxy) is 1. The van der Waals surface area contributed by atoms with E-state index in [1.165, 1.54) is 22.0 Å². The molecular formula is C13H17N5O3S. The first-order valence-corrected chi connectivity index (χ1v) is 7.90. The number of rotatable bonds is 3. The molecule has 1 amide bonds. The molecule has 22 heavy (non-hydrogen) atoms. The lowest BCUT2D eigenvalue weighted by atomic mass is 10.3. The van der Waals surface area contributed by atoms with E-state index in [0.717, 1.165) is 13.1 Å². The number of amides is 1. The Kier molecular flexibility index (Phi) is 4.08. The van der Waals surface area contributed by atoms with E-state index in [4.69, 9.17) is 4.74 Å². The first-order valence-electron chi connectivity index (χ1n) is 7.08. The summed E-state index contributed by atoms with van der Waals surface area (Å²) in [6.07, 6.45) is 1.32. The summed E-state index contributed by atoms with van der Waals surface area (Å²) in [6.45, 7) is 6.41. The SMILES string of the molecule is CC(C)NC(=O)c1cnc2sc(N3CCOCC3)nn2c1=O. The lowest BCUT2D eigenvalue weighted by Crippen LogP contribution is -2.37. The maximum atomic E-state index is 12.4. The first-order chi connectivity index (χ1) is 10.6. The van der Waals surface area contributed by atoms with Gasteiger partial charge in [0.2, 0.25) is 10.1 Å². The number of fused-ring (bicyclic) bond motifs is 1. The standard InChI is InChI=1S/C13H17N5O3S/c1-8(2)15-10(19)9-7-14-12-18(11(9)20)16-13(22-12)17-3-5-21-6-4-17/h7-8H,3-6H2,1-2H3,(H,15,19). The third-order valence-electron chi connectivity index (χ3n) is 3.22. The summed E-state index contributed by atoms with van der Waals surface area (Å²) in [4.78, 5) is 31.1. The van der Waals surface area contributed by atoms with Gasteiger partial charge in [-0.25, -0.2) is 4.98 Å². The average Bonchev–Trinajstić information content (AvgIpc) is 2.93. The number of anilines is 1. The third kappa shape index (κ3) is 2.81. The second kappa shape index (κ2) is 6.01. The van der Waals surface area contributed by atoms with Gasteiger partial charge in [0.15, 0.2) is 0 Å². The molecule has 0 spiro atoms. The molecule has 2 aromatic heterocycles. The number of carbonyl (C=O) groups excluding carboxylic acids is 1. The summed E-state index contributed by atoms with van der Waals surface area (Å²) in [5.41, 5.74) is -0.441. The summed E-state index contributed by atoms with van der Waals surface area (Å²) in [7, 11) is 0. The second-order valence-electron chi connectivity index (χ2n) is 5.28. The summed E-state index contributed by atoms with van der Waals surface area (Å²) in [5.74, 6) is -0.428. The van der Waals surface area contributed by atoms with Crippen LogP contribution in [-0.4, -0.2) is 52.9 Å². The molecule has 1 aliphatic heterocycles. The van der Waals surface area contributed by atoms with Crippen molar-refractivity contribution in [1.82, 2.24) is 19.9 Å². The zero-order valence-corrected chi connectivity index (χ0v) is 13.2. The quantitative estimate of drug-likeness (QED) is 0.863. The molecule has 8 nitrogen and oxygen atoms in total. The number of nitrogens with zero attached hydrogens (tertiary/aromatic N) is 4. The molecule has 0 aliphatic carbocycles. The predicted octanol–water partition coefficient (Wildman–Crippen LogP) is 0.126. The van der Waals surface area contributed by atoms with E-state index < -0.39 is 11.5 Å². The zero-order chi connectivity index (χ0) is 15.7. The average molecular weight is 323 g/mol. The minimum atomic E-state index is -0.445. The van der Waals surface area contributed by atoms with Crippen molar-refractivity contribution in [2.75, 3.05) is 31.2 Å². The van der Waals surface area contributed by atoms with E-state index in [9.17, 15) is 9.59 Å². The van der Waals surface area contributed by atoms with Crippen LogP contribution in [0, 0.1) is 0 Å². The number of morpholine rings is 1. The Morgan fingerprint density at radius 3 is 2.82 bits per heavy atom. The first kappa shape index (κ1) is 14.9. The van der Waals surface area contributed by atoms with Gasteiger partial charge in [0, 0.05) is 25.3 Å². The van der Waals surface area contributed by atoms with Crippen molar-refractivity contribution < 1.29 is 9.53 Å². The molecule has 9 heteroatoms. The van der Waals surface area contributed by atoms with E-state index in [1.54, 1.807) is 0 Å². The Balaban J connectivity index is 1.96. The fourth-order valence-electron chi connectivity index (χ4n) is 2.15. The topological polar surface area (TPSA) is 88.8 Å². The lowest BCUT2D eigenvalue weighted by molar-refractivity contribution is 0.0941. The van der Waals surface area contributed by atoms with Gasteiger partial charge in [-0.3, -0.25) is 9.59 Å². The van der Waals surface area contributed by atoms with Crippen LogP contribution in [0.15, 0.2) is 11.0 Å². The highest BCUT2D eigenvalue weighted by atomic mass is 32.1. The molecule has 0 aromatic carbocycles. The van der Waals surface area contributed by atoms with E-state index in [1.807, 2.05) is 13.8 Å². The number of carbonyl (C=O) groups is 1. The van der Waals surface area contributed by atoms with E-state index in [2.05, 4.69) is 20.3 Å². The van der Waals surface area contributed by atoms with Crippen molar-refractivity contribution in [2.24, 2.45) is 0 Å². The second-order valence-corrected chi connectivity index (χ2v) is 6.22. The van der Waals surface area contributed by atoms with Gasteiger partial charge >= 0.3 is 0 Å². The Morgan fingerprint density at radius 2 is 2.14 bits per heavy atom. The normalized spacial score (nSPS) is 15.5. The van der Waals surface area contributed by atoms with Crippen molar-refractivity contribution in [1.29, 1.82) is 0 Å². The Labute approximate surface area is 130 Å². The predicted molar refractivity (Wildman–Crippen MR) is 82.8 cm³/mol. The van der Waals surface area contributed by atoms with Crippen molar-refractivity contribution in [3.05, 3.63) is 22.1 Å². The maximum Gasteiger partial charge on any atom is 0.288 e. The van der Waals surface area contributed by atoms with Gasteiger partial charge in [-0.05, 0) is 13.8 Å². The van der Waals surface area contributed by atoms with Gasteiger partial charge in [-0.15, -0.1) is 5.10 Å². The largest absolute Gasteiger partial charge is 0.378 e. The Morgan fingerprint density at radius 1 is 1.41 bits per heavy atom. The minimum Gasteiger partial charge on any atom is -0.378 e. The summed E-state index contributed by atoms with van der Waals surface area (Å²) in [6, 6.07) is -0.0491. The zero-order valence-electron chi connectivity index (χ0n) is 12.4. The molecule has 0 saturated carbocycles. The number of nitrogens with one attached hydrogen (secondary N) is 1. The molecule has 0 bridgehead atoms. The molecular weight excluding hydrogens is 306 g/mol. The molecule has 1 fully saturated rings. The van der Waals surface area contributed by atoms with Crippen LogP contribution in [0.3, 0.4) is 0 Å².